The van der Waals surface area contributed by atoms with Crippen LogP contribution < -0.4 is 10.0 Å². The minimum Gasteiger partial charge on any atom is -0.351 e. The van der Waals surface area contributed by atoms with Crippen LogP contribution in [0.1, 0.15) is 36.6 Å². The summed E-state index contributed by atoms with van der Waals surface area (Å²) in [5.74, 6) is 0.169. The highest BCUT2D eigenvalue weighted by atomic mass is 32.2. The van der Waals surface area contributed by atoms with Crippen LogP contribution in [0.5, 0.6) is 0 Å². The van der Waals surface area contributed by atoms with Crippen molar-refractivity contribution >= 4 is 27.3 Å². The molecule has 7 heteroatoms. The summed E-state index contributed by atoms with van der Waals surface area (Å²) >= 11 is 1.57. The van der Waals surface area contributed by atoms with E-state index in [-0.39, 0.29) is 23.8 Å². The quantitative estimate of drug-likeness (QED) is 0.754. The summed E-state index contributed by atoms with van der Waals surface area (Å²) in [5.41, 5.74) is 1.09. The van der Waals surface area contributed by atoms with Gasteiger partial charge in [0.05, 0.1) is 11.4 Å². The number of benzene rings is 1. The molecule has 24 heavy (non-hydrogen) atoms. The summed E-state index contributed by atoms with van der Waals surface area (Å²) in [4.78, 5) is 13.0. The standard InChI is InChI=1S/C17H22N2O3S2/c1-13(2)14-5-7-16(8-6-14)24(21,22)19-10-9-17(20)18-12-15-4-3-11-23-15/h3-8,11,13,19H,9-10,12H2,1-2H3,(H,18,20). The fourth-order valence-electron chi connectivity index (χ4n) is 2.10. The number of hydrogen-bond donors (Lipinski definition) is 2. The van der Waals surface area contributed by atoms with Crippen LogP contribution in [0.2, 0.25) is 0 Å². The molecule has 0 unspecified atom stereocenters. The maximum Gasteiger partial charge on any atom is 0.240 e. The molecule has 130 valence electrons. The largest absolute Gasteiger partial charge is 0.351 e. The van der Waals surface area contributed by atoms with Gasteiger partial charge in [0, 0.05) is 17.8 Å². The van der Waals surface area contributed by atoms with E-state index >= 15 is 0 Å². The number of carbonyl (C=O) groups is 1. The average molecular weight is 367 g/mol. The first-order valence-corrected chi connectivity index (χ1v) is 10.1. The SMILES string of the molecule is CC(C)c1ccc(S(=O)(=O)NCCC(=O)NCc2cccs2)cc1. The zero-order valence-electron chi connectivity index (χ0n) is 13.8. The van der Waals surface area contributed by atoms with Gasteiger partial charge >= 0.3 is 0 Å². The van der Waals surface area contributed by atoms with E-state index < -0.39 is 10.0 Å². The molecule has 0 aliphatic rings. The first-order valence-electron chi connectivity index (χ1n) is 7.77. The van der Waals surface area contributed by atoms with Gasteiger partial charge in [0.25, 0.3) is 0 Å². The first kappa shape index (κ1) is 18.6. The third kappa shape index (κ3) is 5.43. The van der Waals surface area contributed by atoms with Gasteiger partial charge in [-0.25, -0.2) is 13.1 Å². The highest BCUT2D eigenvalue weighted by Gasteiger charge is 2.14. The van der Waals surface area contributed by atoms with Crippen LogP contribution in [0.4, 0.5) is 0 Å². The Morgan fingerprint density at radius 1 is 1.17 bits per heavy atom. The highest BCUT2D eigenvalue weighted by molar-refractivity contribution is 7.89. The molecule has 1 aromatic carbocycles. The second kappa shape index (κ2) is 8.41. The number of nitrogens with one attached hydrogen (secondary N) is 2. The molecule has 0 saturated carbocycles. The van der Waals surface area contributed by atoms with Gasteiger partial charge < -0.3 is 5.32 Å². The van der Waals surface area contributed by atoms with Crippen molar-refractivity contribution in [3.63, 3.8) is 0 Å². The van der Waals surface area contributed by atoms with E-state index in [4.69, 9.17) is 0 Å². The topological polar surface area (TPSA) is 75.3 Å². The summed E-state index contributed by atoms with van der Waals surface area (Å²) in [7, 11) is -3.58. The maximum atomic E-state index is 12.2. The van der Waals surface area contributed by atoms with Gasteiger partial charge in [-0.15, -0.1) is 11.3 Å². The summed E-state index contributed by atoms with van der Waals surface area (Å²) < 4.78 is 26.9. The Morgan fingerprint density at radius 2 is 1.88 bits per heavy atom. The van der Waals surface area contributed by atoms with Gasteiger partial charge in [-0.1, -0.05) is 32.0 Å². The Bertz CT molecular complexity index is 752. The molecule has 0 radical (unpaired) electrons. The summed E-state index contributed by atoms with van der Waals surface area (Å²) in [5, 5.41) is 4.71. The molecular formula is C17H22N2O3S2. The zero-order chi connectivity index (χ0) is 17.6. The predicted molar refractivity (Wildman–Crippen MR) is 96.5 cm³/mol. The molecule has 0 aliphatic heterocycles. The molecule has 1 amide bonds. The van der Waals surface area contributed by atoms with Crippen molar-refractivity contribution in [3.05, 3.63) is 52.2 Å². The molecule has 0 bridgehead atoms. The molecule has 2 N–H and O–H groups in total. The third-order valence-corrected chi connectivity index (χ3v) is 5.89. The van der Waals surface area contributed by atoms with Crippen LogP contribution in [0.15, 0.2) is 46.7 Å². The molecule has 0 fully saturated rings. The van der Waals surface area contributed by atoms with Gasteiger partial charge in [-0.3, -0.25) is 4.79 Å². The number of carbonyl (C=O) groups excluding carboxylic acids is 1. The Balaban J connectivity index is 1.80. The normalized spacial score (nSPS) is 11.6. The lowest BCUT2D eigenvalue weighted by Gasteiger charge is -2.09. The number of hydrogen-bond acceptors (Lipinski definition) is 4. The third-order valence-electron chi connectivity index (χ3n) is 3.54. The van der Waals surface area contributed by atoms with E-state index in [0.717, 1.165) is 10.4 Å². The van der Waals surface area contributed by atoms with Crippen molar-refractivity contribution in [2.45, 2.75) is 37.6 Å². The van der Waals surface area contributed by atoms with Gasteiger partial charge in [0.2, 0.25) is 15.9 Å². The molecular weight excluding hydrogens is 344 g/mol. The number of thiophene rings is 1. The van der Waals surface area contributed by atoms with Gasteiger partial charge in [-0.2, -0.15) is 0 Å². The lowest BCUT2D eigenvalue weighted by atomic mass is 10.0. The van der Waals surface area contributed by atoms with Crippen LogP contribution in [-0.4, -0.2) is 20.9 Å². The zero-order valence-corrected chi connectivity index (χ0v) is 15.4. The van der Waals surface area contributed by atoms with Gasteiger partial charge in [-0.05, 0) is 35.1 Å². The van der Waals surface area contributed by atoms with Crippen LogP contribution in [0.25, 0.3) is 0 Å². The van der Waals surface area contributed by atoms with E-state index in [1.807, 2.05) is 29.6 Å². The molecule has 0 spiro atoms. The van der Waals surface area contributed by atoms with Crippen molar-refractivity contribution in [3.8, 4) is 0 Å². The van der Waals surface area contributed by atoms with Crippen molar-refractivity contribution < 1.29 is 13.2 Å². The second-order valence-corrected chi connectivity index (χ2v) is 8.53. The molecule has 2 rings (SSSR count). The van der Waals surface area contributed by atoms with Crippen molar-refractivity contribution in [2.24, 2.45) is 0 Å². The van der Waals surface area contributed by atoms with E-state index in [1.54, 1.807) is 23.5 Å². The van der Waals surface area contributed by atoms with Gasteiger partial charge in [0.1, 0.15) is 0 Å². The Labute approximate surface area is 147 Å². The van der Waals surface area contributed by atoms with E-state index in [0.29, 0.717) is 12.5 Å². The van der Waals surface area contributed by atoms with Crippen LogP contribution in [0.3, 0.4) is 0 Å². The molecule has 0 aliphatic carbocycles. The smallest absolute Gasteiger partial charge is 0.240 e. The molecule has 5 nitrogen and oxygen atoms in total. The Kier molecular flexibility index (Phi) is 6.53. The maximum absolute atomic E-state index is 12.2. The Morgan fingerprint density at radius 3 is 2.46 bits per heavy atom. The molecule has 0 saturated heterocycles. The molecule has 2 aromatic rings. The van der Waals surface area contributed by atoms with Crippen LogP contribution in [0, 0.1) is 0 Å². The van der Waals surface area contributed by atoms with Crippen LogP contribution >= 0.6 is 11.3 Å². The average Bonchev–Trinajstić information content (AvgIpc) is 3.06. The predicted octanol–water partition coefficient (Wildman–Crippen LogP) is 2.86. The summed E-state index contributed by atoms with van der Waals surface area (Å²) in [6, 6.07) is 10.7. The molecule has 0 atom stereocenters. The lowest BCUT2D eigenvalue weighted by Crippen LogP contribution is -2.30. The number of rotatable bonds is 8. The second-order valence-electron chi connectivity index (χ2n) is 5.73. The first-order chi connectivity index (χ1) is 11.4. The highest BCUT2D eigenvalue weighted by Crippen LogP contribution is 2.17. The Hall–Kier alpha value is -1.70. The fourth-order valence-corrected chi connectivity index (χ4v) is 3.78. The molecule has 1 aromatic heterocycles. The minimum atomic E-state index is -3.58. The molecule has 1 heterocycles. The monoisotopic (exact) mass is 366 g/mol. The van der Waals surface area contributed by atoms with Gasteiger partial charge in [0.15, 0.2) is 0 Å². The fraction of sp³-hybridized carbons (Fsp3) is 0.353. The number of sulfonamides is 1. The summed E-state index contributed by atoms with van der Waals surface area (Å²) in [6.45, 7) is 4.65. The van der Waals surface area contributed by atoms with E-state index in [1.165, 1.54) is 0 Å². The van der Waals surface area contributed by atoms with E-state index in [2.05, 4.69) is 23.9 Å². The number of amides is 1. The van der Waals surface area contributed by atoms with E-state index in [9.17, 15) is 13.2 Å². The lowest BCUT2D eigenvalue weighted by molar-refractivity contribution is -0.121. The van der Waals surface area contributed by atoms with Crippen molar-refractivity contribution in [2.75, 3.05) is 6.54 Å². The minimum absolute atomic E-state index is 0.0739. The van der Waals surface area contributed by atoms with Crippen LogP contribution in [-0.2, 0) is 21.4 Å². The summed E-state index contributed by atoms with van der Waals surface area (Å²) in [6.07, 6.45) is 0.106. The van der Waals surface area contributed by atoms with Crippen molar-refractivity contribution in [1.29, 1.82) is 0 Å². The van der Waals surface area contributed by atoms with Crippen molar-refractivity contribution in [1.82, 2.24) is 10.0 Å².